The fourth-order valence-corrected chi connectivity index (χ4v) is 1.49. The van der Waals surface area contributed by atoms with Crippen molar-refractivity contribution in [1.82, 2.24) is 5.32 Å². The van der Waals surface area contributed by atoms with Gasteiger partial charge in [0.25, 0.3) is 0 Å². The van der Waals surface area contributed by atoms with Crippen LogP contribution in [0.5, 0.6) is 0 Å². The van der Waals surface area contributed by atoms with Crippen LogP contribution >= 0.6 is 23.2 Å². The maximum atomic E-state index is 5.72. The van der Waals surface area contributed by atoms with Crippen LogP contribution in [0.4, 0.5) is 0 Å². The lowest BCUT2D eigenvalue weighted by atomic mass is 10.0. The van der Waals surface area contributed by atoms with Crippen molar-refractivity contribution in [3.63, 3.8) is 0 Å². The molecule has 0 unspecified atom stereocenters. The zero-order valence-electron chi connectivity index (χ0n) is 7.37. The molecule has 1 N–H and O–H groups in total. The summed E-state index contributed by atoms with van der Waals surface area (Å²) in [7, 11) is 0. The van der Waals surface area contributed by atoms with Crippen molar-refractivity contribution in [2.45, 2.75) is 26.2 Å². The molecule has 0 aromatic rings. The topological polar surface area (TPSA) is 12.0 Å². The molecule has 0 aromatic carbocycles. The standard InChI is InChI=1S/C9H15Cl2N/c1-2-9(3-4-9)7-12-6-8(11)5-10/h5,12H,2-4,6-7H2,1H3. The Morgan fingerprint density at radius 2 is 2.25 bits per heavy atom. The van der Waals surface area contributed by atoms with E-state index < -0.39 is 0 Å². The largest absolute Gasteiger partial charge is 0.311 e. The molecule has 3 heteroatoms. The molecule has 0 aromatic heterocycles. The van der Waals surface area contributed by atoms with E-state index >= 15 is 0 Å². The zero-order chi connectivity index (χ0) is 9.03. The van der Waals surface area contributed by atoms with Gasteiger partial charge in [0, 0.05) is 23.7 Å². The molecular weight excluding hydrogens is 193 g/mol. The second-order valence-electron chi connectivity index (χ2n) is 3.51. The van der Waals surface area contributed by atoms with Crippen molar-refractivity contribution < 1.29 is 0 Å². The maximum absolute atomic E-state index is 5.72. The lowest BCUT2D eigenvalue weighted by Gasteiger charge is -2.12. The maximum Gasteiger partial charge on any atom is 0.0431 e. The monoisotopic (exact) mass is 207 g/mol. The highest BCUT2D eigenvalue weighted by molar-refractivity contribution is 6.36. The van der Waals surface area contributed by atoms with Gasteiger partial charge in [-0.3, -0.25) is 0 Å². The van der Waals surface area contributed by atoms with Crippen LogP contribution in [0.15, 0.2) is 10.6 Å². The second kappa shape index (κ2) is 4.50. The van der Waals surface area contributed by atoms with Crippen molar-refractivity contribution in [3.8, 4) is 0 Å². The molecule has 1 aliphatic rings. The minimum atomic E-state index is 0.587. The summed E-state index contributed by atoms with van der Waals surface area (Å²) in [6.07, 6.45) is 3.99. The van der Waals surface area contributed by atoms with E-state index in [-0.39, 0.29) is 0 Å². The predicted octanol–water partition coefficient (Wildman–Crippen LogP) is 3.09. The Morgan fingerprint density at radius 3 is 2.67 bits per heavy atom. The molecule has 1 nitrogen and oxygen atoms in total. The average molecular weight is 208 g/mol. The van der Waals surface area contributed by atoms with Crippen LogP contribution in [0.25, 0.3) is 0 Å². The fourth-order valence-electron chi connectivity index (χ4n) is 1.32. The summed E-state index contributed by atoms with van der Waals surface area (Å²) < 4.78 is 0. The minimum absolute atomic E-state index is 0.587. The first-order chi connectivity index (χ1) is 5.72. The third-order valence-electron chi connectivity index (χ3n) is 2.62. The van der Waals surface area contributed by atoms with Gasteiger partial charge in [-0.2, -0.15) is 0 Å². The third-order valence-corrected chi connectivity index (χ3v) is 3.24. The van der Waals surface area contributed by atoms with Gasteiger partial charge in [-0.15, -0.1) is 0 Å². The highest BCUT2D eigenvalue weighted by Crippen LogP contribution is 2.47. The Bertz CT molecular complexity index is 173. The molecule has 0 spiro atoms. The molecule has 70 valence electrons. The summed E-state index contributed by atoms with van der Waals surface area (Å²) in [5.41, 5.74) is 2.00. The van der Waals surface area contributed by atoms with Gasteiger partial charge in [-0.1, -0.05) is 30.1 Å². The summed E-state index contributed by atoms with van der Waals surface area (Å²) >= 11 is 11.1. The lowest BCUT2D eigenvalue weighted by molar-refractivity contribution is 0.455. The smallest absolute Gasteiger partial charge is 0.0431 e. The lowest BCUT2D eigenvalue weighted by Crippen LogP contribution is -2.24. The van der Waals surface area contributed by atoms with Crippen LogP contribution in [0.2, 0.25) is 0 Å². The van der Waals surface area contributed by atoms with Crippen LogP contribution in [0.3, 0.4) is 0 Å². The van der Waals surface area contributed by atoms with E-state index in [1.165, 1.54) is 24.8 Å². The van der Waals surface area contributed by atoms with E-state index in [2.05, 4.69) is 12.2 Å². The first-order valence-corrected chi connectivity index (χ1v) is 5.19. The van der Waals surface area contributed by atoms with Crippen LogP contribution in [0, 0.1) is 5.41 Å². The Kier molecular flexibility index (Phi) is 3.88. The Hall–Kier alpha value is 0.280. The number of hydrogen-bond acceptors (Lipinski definition) is 1. The molecule has 1 rings (SSSR count). The molecule has 12 heavy (non-hydrogen) atoms. The quantitative estimate of drug-likeness (QED) is 0.732. The van der Waals surface area contributed by atoms with Crippen molar-refractivity contribution in [2.24, 2.45) is 5.41 Å². The molecular formula is C9H15Cl2N. The van der Waals surface area contributed by atoms with E-state index in [0.29, 0.717) is 17.0 Å². The predicted molar refractivity (Wildman–Crippen MR) is 54.6 cm³/mol. The van der Waals surface area contributed by atoms with Crippen molar-refractivity contribution >= 4 is 23.2 Å². The summed E-state index contributed by atoms with van der Waals surface area (Å²) in [6.45, 7) is 4.02. The molecule has 0 saturated heterocycles. The van der Waals surface area contributed by atoms with Gasteiger partial charge in [0.2, 0.25) is 0 Å². The van der Waals surface area contributed by atoms with Crippen molar-refractivity contribution in [2.75, 3.05) is 13.1 Å². The van der Waals surface area contributed by atoms with Crippen LogP contribution in [-0.4, -0.2) is 13.1 Å². The van der Waals surface area contributed by atoms with Gasteiger partial charge in [0.05, 0.1) is 0 Å². The third kappa shape index (κ3) is 2.96. The van der Waals surface area contributed by atoms with Crippen LogP contribution < -0.4 is 5.32 Å². The number of hydrogen-bond donors (Lipinski definition) is 1. The average Bonchev–Trinajstić information content (AvgIpc) is 2.85. The normalized spacial score (nSPS) is 21.1. The summed E-state index contributed by atoms with van der Waals surface area (Å²) in [5.74, 6) is 0. The van der Waals surface area contributed by atoms with Gasteiger partial charge in [-0.05, 0) is 24.7 Å². The molecule has 0 radical (unpaired) electrons. The van der Waals surface area contributed by atoms with Crippen molar-refractivity contribution in [3.05, 3.63) is 10.6 Å². The minimum Gasteiger partial charge on any atom is -0.311 e. The number of nitrogens with one attached hydrogen (secondary N) is 1. The highest BCUT2D eigenvalue weighted by atomic mass is 35.5. The van der Waals surface area contributed by atoms with E-state index in [1.807, 2.05) is 0 Å². The van der Waals surface area contributed by atoms with E-state index in [9.17, 15) is 0 Å². The molecule has 0 amide bonds. The SMILES string of the molecule is CCC1(CNCC(Cl)=CCl)CC1. The Balaban J connectivity index is 2.10. The summed E-state index contributed by atoms with van der Waals surface area (Å²) in [6, 6.07) is 0. The second-order valence-corrected chi connectivity index (χ2v) is 4.22. The molecule has 1 aliphatic carbocycles. The molecule has 0 atom stereocenters. The summed E-state index contributed by atoms with van der Waals surface area (Å²) in [4.78, 5) is 0. The molecule has 0 aliphatic heterocycles. The number of halogens is 2. The fraction of sp³-hybridized carbons (Fsp3) is 0.778. The Morgan fingerprint density at radius 1 is 1.58 bits per heavy atom. The first-order valence-electron chi connectivity index (χ1n) is 4.38. The molecule has 0 heterocycles. The Labute approximate surface area is 84.1 Å². The van der Waals surface area contributed by atoms with E-state index in [4.69, 9.17) is 23.2 Å². The molecule has 0 bridgehead atoms. The van der Waals surface area contributed by atoms with Crippen molar-refractivity contribution in [1.29, 1.82) is 0 Å². The van der Waals surface area contributed by atoms with Gasteiger partial charge < -0.3 is 5.32 Å². The van der Waals surface area contributed by atoms with Gasteiger partial charge in [-0.25, -0.2) is 0 Å². The summed E-state index contributed by atoms with van der Waals surface area (Å²) in [5, 5.41) is 3.99. The highest BCUT2D eigenvalue weighted by Gasteiger charge is 2.39. The molecule has 1 fully saturated rings. The van der Waals surface area contributed by atoms with E-state index in [1.54, 1.807) is 0 Å². The first kappa shape index (κ1) is 10.4. The van der Waals surface area contributed by atoms with Crippen LogP contribution in [-0.2, 0) is 0 Å². The van der Waals surface area contributed by atoms with Gasteiger partial charge >= 0.3 is 0 Å². The molecule has 1 saturated carbocycles. The van der Waals surface area contributed by atoms with E-state index in [0.717, 1.165) is 6.54 Å². The van der Waals surface area contributed by atoms with Gasteiger partial charge in [0.15, 0.2) is 0 Å². The van der Waals surface area contributed by atoms with Crippen LogP contribution in [0.1, 0.15) is 26.2 Å². The zero-order valence-corrected chi connectivity index (χ0v) is 8.88. The number of rotatable bonds is 5. The van der Waals surface area contributed by atoms with Gasteiger partial charge in [0.1, 0.15) is 0 Å².